The van der Waals surface area contributed by atoms with E-state index in [1.54, 1.807) is 12.1 Å². The monoisotopic (exact) mass is 395 g/mol. The second kappa shape index (κ2) is 8.41. The molecule has 1 aliphatic rings. The van der Waals surface area contributed by atoms with E-state index in [2.05, 4.69) is 25.4 Å². The Morgan fingerprint density at radius 2 is 2.04 bits per heavy atom. The fourth-order valence-corrected chi connectivity index (χ4v) is 3.74. The molecule has 0 spiro atoms. The van der Waals surface area contributed by atoms with E-state index in [1.807, 2.05) is 6.07 Å². The summed E-state index contributed by atoms with van der Waals surface area (Å²) >= 11 is 7.31. The Morgan fingerprint density at radius 3 is 2.77 bits per heavy atom. The Morgan fingerprint density at radius 1 is 1.27 bits per heavy atom. The zero-order chi connectivity index (χ0) is 18.5. The third-order valence-corrected chi connectivity index (χ3v) is 5.22. The van der Waals surface area contributed by atoms with Crippen molar-refractivity contribution in [3.63, 3.8) is 0 Å². The minimum Gasteiger partial charge on any atom is -0.369 e. The maximum Gasteiger partial charge on any atom is 0.342 e. The van der Waals surface area contributed by atoms with Crippen molar-refractivity contribution < 1.29 is 4.79 Å². The molecule has 3 rings (SSSR count). The van der Waals surface area contributed by atoms with Gasteiger partial charge in [-0.3, -0.25) is 14.6 Å². The Bertz CT molecular complexity index is 907. The van der Waals surface area contributed by atoms with Gasteiger partial charge >= 0.3 is 5.69 Å². The molecule has 2 heterocycles. The van der Waals surface area contributed by atoms with E-state index < -0.39 is 11.2 Å². The molecule has 1 saturated heterocycles. The highest BCUT2D eigenvalue weighted by molar-refractivity contribution is 7.99. The number of nitrogens with one attached hydrogen (secondary N) is 3. The number of piperidine rings is 1. The van der Waals surface area contributed by atoms with E-state index in [4.69, 9.17) is 11.6 Å². The predicted molar refractivity (Wildman–Crippen MR) is 102 cm³/mol. The minimum atomic E-state index is -0.686. The first-order chi connectivity index (χ1) is 12.5. The molecule has 0 atom stereocenters. The normalized spacial score (nSPS) is 14.3. The summed E-state index contributed by atoms with van der Waals surface area (Å²) in [7, 11) is 0. The molecule has 8 nitrogen and oxygen atoms in total. The van der Waals surface area contributed by atoms with Crippen LogP contribution < -0.4 is 21.5 Å². The first-order valence-electron chi connectivity index (χ1n) is 8.20. The van der Waals surface area contributed by atoms with E-state index in [-0.39, 0.29) is 16.7 Å². The first-order valence-corrected chi connectivity index (χ1v) is 9.56. The van der Waals surface area contributed by atoms with Crippen LogP contribution in [0, 0.1) is 0 Å². The summed E-state index contributed by atoms with van der Waals surface area (Å²) in [6.45, 7) is 1.80. The van der Waals surface area contributed by atoms with Crippen LogP contribution in [0.5, 0.6) is 0 Å². The molecule has 10 heteroatoms. The molecule has 0 radical (unpaired) electrons. The summed E-state index contributed by atoms with van der Waals surface area (Å²) in [4.78, 5) is 39.1. The lowest BCUT2D eigenvalue weighted by Gasteiger charge is -2.31. The van der Waals surface area contributed by atoms with E-state index in [0.29, 0.717) is 10.7 Å². The number of aromatic amines is 2. The van der Waals surface area contributed by atoms with Gasteiger partial charge in [-0.05, 0) is 31.4 Å². The number of aromatic nitrogens is 3. The van der Waals surface area contributed by atoms with Gasteiger partial charge in [0.15, 0.2) is 5.03 Å². The van der Waals surface area contributed by atoms with Crippen molar-refractivity contribution in [2.45, 2.75) is 24.3 Å². The number of hydrogen-bond acceptors (Lipinski definition) is 6. The van der Waals surface area contributed by atoms with Crippen LogP contribution in [-0.2, 0) is 4.79 Å². The number of anilines is 2. The van der Waals surface area contributed by atoms with Crippen molar-refractivity contribution in [3.05, 3.63) is 44.1 Å². The molecule has 2 aromatic rings. The minimum absolute atomic E-state index is 0.0198. The summed E-state index contributed by atoms with van der Waals surface area (Å²) in [5, 5.41) is 9.25. The lowest BCUT2D eigenvalue weighted by Crippen LogP contribution is -2.31. The fourth-order valence-electron chi connectivity index (χ4n) is 2.81. The third-order valence-electron chi connectivity index (χ3n) is 3.95. The van der Waals surface area contributed by atoms with Crippen molar-refractivity contribution in [3.8, 4) is 0 Å². The van der Waals surface area contributed by atoms with Gasteiger partial charge in [0.2, 0.25) is 5.91 Å². The highest BCUT2D eigenvalue weighted by Gasteiger charge is 2.19. The number of nitrogens with zero attached hydrogens (tertiary/aromatic N) is 2. The molecule has 1 amide bonds. The standard InChI is InChI=1S/C16H18ClN5O3S/c17-10-5-4-6-11(13(10)22-7-2-1-3-8-22)18-12(23)9-26-15-14(24)19-16(25)21-20-15/h4-6H,1-3,7-9H2,(H,18,23)(H2,19,21,24,25). The van der Waals surface area contributed by atoms with Crippen LogP contribution in [0.15, 0.2) is 32.8 Å². The smallest absolute Gasteiger partial charge is 0.342 e. The molecule has 1 aromatic heterocycles. The van der Waals surface area contributed by atoms with Crippen LogP contribution in [0.4, 0.5) is 11.4 Å². The number of para-hydroxylation sites is 1. The number of carbonyl (C=O) groups is 1. The molecule has 0 saturated carbocycles. The quantitative estimate of drug-likeness (QED) is 0.666. The molecule has 1 aromatic carbocycles. The van der Waals surface area contributed by atoms with Crippen LogP contribution in [-0.4, -0.2) is 39.9 Å². The molecular weight excluding hydrogens is 378 g/mol. The van der Waals surface area contributed by atoms with Gasteiger partial charge in [0, 0.05) is 13.1 Å². The van der Waals surface area contributed by atoms with Gasteiger partial charge in [-0.1, -0.05) is 29.4 Å². The lowest BCUT2D eigenvalue weighted by atomic mass is 10.1. The highest BCUT2D eigenvalue weighted by Crippen LogP contribution is 2.35. The Labute approximate surface area is 158 Å². The summed E-state index contributed by atoms with van der Waals surface area (Å²) in [5.41, 5.74) is 0.165. The Hall–Kier alpha value is -2.26. The second-order valence-corrected chi connectivity index (χ2v) is 7.20. The van der Waals surface area contributed by atoms with Crippen LogP contribution in [0.25, 0.3) is 0 Å². The number of H-pyrrole nitrogens is 2. The van der Waals surface area contributed by atoms with Crippen molar-refractivity contribution in [2.24, 2.45) is 0 Å². The summed E-state index contributed by atoms with van der Waals surface area (Å²) in [6.07, 6.45) is 3.38. The maximum absolute atomic E-state index is 12.3. The molecule has 0 aliphatic carbocycles. The van der Waals surface area contributed by atoms with Crippen LogP contribution in [0.3, 0.4) is 0 Å². The number of carbonyl (C=O) groups excluding carboxylic acids is 1. The lowest BCUT2D eigenvalue weighted by molar-refractivity contribution is -0.113. The van der Waals surface area contributed by atoms with E-state index in [9.17, 15) is 14.4 Å². The van der Waals surface area contributed by atoms with E-state index >= 15 is 0 Å². The summed E-state index contributed by atoms with van der Waals surface area (Å²) in [5.74, 6) is -0.309. The average molecular weight is 396 g/mol. The first kappa shape index (κ1) is 18.5. The highest BCUT2D eigenvalue weighted by atomic mass is 35.5. The zero-order valence-electron chi connectivity index (χ0n) is 13.9. The molecule has 0 unspecified atom stereocenters. The molecule has 26 heavy (non-hydrogen) atoms. The molecule has 3 N–H and O–H groups in total. The van der Waals surface area contributed by atoms with Crippen molar-refractivity contribution in [1.82, 2.24) is 15.2 Å². The SMILES string of the molecule is O=C(CSc1n[nH]c(=O)[nH]c1=O)Nc1cccc(Cl)c1N1CCCCC1. The number of halogens is 1. The second-order valence-electron chi connectivity index (χ2n) is 5.83. The number of benzene rings is 1. The van der Waals surface area contributed by atoms with Gasteiger partial charge in [-0.25, -0.2) is 9.89 Å². The van der Waals surface area contributed by atoms with Gasteiger partial charge in [-0.2, -0.15) is 5.10 Å². The van der Waals surface area contributed by atoms with Crippen LogP contribution >= 0.6 is 23.4 Å². The molecule has 1 fully saturated rings. The maximum atomic E-state index is 12.3. The van der Waals surface area contributed by atoms with Crippen molar-refractivity contribution in [2.75, 3.05) is 29.1 Å². The predicted octanol–water partition coefficient (Wildman–Crippen LogP) is 1.83. The Kier molecular flexibility index (Phi) is 6.00. The van der Waals surface area contributed by atoms with Gasteiger partial charge in [-0.15, -0.1) is 0 Å². The largest absolute Gasteiger partial charge is 0.369 e. The van der Waals surface area contributed by atoms with Gasteiger partial charge in [0.05, 0.1) is 22.2 Å². The molecule has 0 bridgehead atoms. The fraction of sp³-hybridized carbons (Fsp3) is 0.375. The molecular formula is C16H18ClN5O3S. The van der Waals surface area contributed by atoms with Gasteiger partial charge < -0.3 is 10.2 Å². The number of hydrogen-bond donors (Lipinski definition) is 3. The van der Waals surface area contributed by atoms with Crippen molar-refractivity contribution in [1.29, 1.82) is 0 Å². The number of amides is 1. The third kappa shape index (κ3) is 4.47. The topological polar surface area (TPSA) is 111 Å². The van der Waals surface area contributed by atoms with Crippen molar-refractivity contribution >= 4 is 40.6 Å². The van der Waals surface area contributed by atoms with Crippen LogP contribution in [0.1, 0.15) is 19.3 Å². The zero-order valence-corrected chi connectivity index (χ0v) is 15.5. The average Bonchev–Trinajstić information content (AvgIpc) is 2.62. The van der Waals surface area contributed by atoms with E-state index in [1.165, 1.54) is 6.42 Å². The van der Waals surface area contributed by atoms with E-state index in [0.717, 1.165) is 43.4 Å². The van der Waals surface area contributed by atoms with Gasteiger partial charge in [0.1, 0.15) is 0 Å². The van der Waals surface area contributed by atoms with Crippen LogP contribution in [0.2, 0.25) is 5.02 Å². The number of thioether (sulfide) groups is 1. The summed E-state index contributed by atoms with van der Waals surface area (Å²) < 4.78 is 0. The number of rotatable bonds is 5. The summed E-state index contributed by atoms with van der Waals surface area (Å²) in [6, 6.07) is 5.40. The Balaban J connectivity index is 1.70. The molecule has 1 aliphatic heterocycles. The molecule has 138 valence electrons. The van der Waals surface area contributed by atoms with Gasteiger partial charge in [0.25, 0.3) is 5.56 Å².